The molecule has 3 rings (SSSR count). The fourth-order valence-electron chi connectivity index (χ4n) is 2.10. The number of hydrogen-bond acceptors (Lipinski definition) is 2. The van der Waals surface area contributed by atoms with Crippen LogP contribution in [-0.2, 0) is 0 Å². The van der Waals surface area contributed by atoms with Crippen molar-refractivity contribution in [1.29, 1.82) is 0 Å². The molecule has 0 amide bonds. The molecule has 1 heterocycles. The summed E-state index contributed by atoms with van der Waals surface area (Å²) in [6, 6.07) is 19.7. The number of nitrogens with one attached hydrogen (secondary N) is 1. The fourth-order valence-corrected chi connectivity index (χ4v) is 2.10. The Hall–Kier alpha value is -1.93. The first-order chi connectivity index (χ1) is 8.36. The number of benzene rings is 2. The highest BCUT2D eigenvalue weighted by molar-refractivity contribution is 6.02. The van der Waals surface area contributed by atoms with Gasteiger partial charge in [-0.3, -0.25) is 10.1 Å². The van der Waals surface area contributed by atoms with Gasteiger partial charge in [-0.1, -0.05) is 60.7 Å². The van der Waals surface area contributed by atoms with E-state index >= 15 is 0 Å². The summed E-state index contributed by atoms with van der Waals surface area (Å²) in [7, 11) is 0. The molecule has 1 aliphatic heterocycles. The van der Waals surface area contributed by atoms with Gasteiger partial charge in [-0.25, -0.2) is 0 Å². The molecule has 2 nitrogen and oxygen atoms in total. The predicted octanol–water partition coefficient (Wildman–Crippen LogP) is 2.58. The molecule has 2 heteroatoms. The second kappa shape index (κ2) is 4.15. The topological polar surface area (TPSA) is 39.0 Å². The molecule has 0 aromatic heterocycles. The van der Waals surface area contributed by atoms with Crippen LogP contribution in [0.3, 0.4) is 0 Å². The van der Waals surface area contributed by atoms with Crippen molar-refractivity contribution in [2.75, 3.05) is 0 Å². The molecule has 1 N–H and O–H groups in total. The number of carbonyl (C=O) groups excluding carboxylic acids is 1. The van der Waals surface area contributed by atoms with E-state index in [9.17, 15) is 4.79 Å². The van der Waals surface area contributed by atoms with E-state index in [-0.39, 0.29) is 17.9 Å². The molecule has 0 unspecified atom stereocenters. The Morgan fingerprint density at radius 1 is 0.882 bits per heavy atom. The maximum atomic E-state index is 12.1. The molecule has 2 aromatic rings. The number of rotatable bonds is 3. The summed E-state index contributed by atoms with van der Waals surface area (Å²) >= 11 is 0. The molecule has 84 valence electrons. The van der Waals surface area contributed by atoms with Crippen LogP contribution in [0.5, 0.6) is 0 Å². The summed E-state index contributed by atoms with van der Waals surface area (Å²) in [4.78, 5) is 12.1. The summed E-state index contributed by atoms with van der Waals surface area (Å²) in [5.41, 5.74) is 1.96. The molecule has 0 radical (unpaired) electrons. The molecular weight excluding hydrogens is 210 g/mol. The normalized spacial score (nSPS) is 22.1. The second-order valence-corrected chi connectivity index (χ2v) is 4.26. The van der Waals surface area contributed by atoms with E-state index in [1.54, 1.807) is 0 Å². The van der Waals surface area contributed by atoms with E-state index in [4.69, 9.17) is 0 Å². The summed E-state index contributed by atoms with van der Waals surface area (Å²) in [6.07, 6.45) is 0. The van der Waals surface area contributed by atoms with E-state index in [1.807, 2.05) is 48.5 Å². The molecule has 0 aliphatic carbocycles. The van der Waals surface area contributed by atoms with Gasteiger partial charge in [0.2, 0.25) is 0 Å². The number of Topliss-reactive ketones (excluding diaryl/α,β-unsaturated/α-hetero) is 1. The van der Waals surface area contributed by atoms with Gasteiger partial charge in [0.1, 0.15) is 0 Å². The van der Waals surface area contributed by atoms with Crippen LogP contribution in [-0.4, -0.2) is 11.8 Å². The van der Waals surface area contributed by atoms with Gasteiger partial charge in [-0.05, 0) is 5.56 Å². The molecule has 2 aromatic carbocycles. The molecule has 1 fully saturated rings. The zero-order valence-corrected chi connectivity index (χ0v) is 9.34. The van der Waals surface area contributed by atoms with Crippen LogP contribution in [0.25, 0.3) is 0 Å². The lowest BCUT2D eigenvalue weighted by Gasteiger charge is -1.98. The molecule has 0 saturated carbocycles. The van der Waals surface area contributed by atoms with Crippen LogP contribution in [0.15, 0.2) is 60.7 Å². The maximum absolute atomic E-state index is 12.1. The SMILES string of the molecule is O=C(c1ccccc1)[C@H]1N[C@H]1c1ccccc1. The third-order valence-electron chi connectivity index (χ3n) is 3.08. The van der Waals surface area contributed by atoms with Gasteiger partial charge in [0.25, 0.3) is 0 Å². The van der Waals surface area contributed by atoms with Gasteiger partial charge >= 0.3 is 0 Å². The van der Waals surface area contributed by atoms with Crippen LogP contribution in [0.2, 0.25) is 0 Å². The lowest BCUT2D eigenvalue weighted by Crippen LogP contribution is -2.09. The van der Waals surface area contributed by atoms with Crippen LogP contribution < -0.4 is 5.32 Å². The van der Waals surface area contributed by atoms with Crippen LogP contribution in [0, 0.1) is 0 Å². The third kappa shape index (κ3) is 1.99. The van der Waals surface area contributed by atoms with Gasteiger partial charge in [0.05, 0.1) is 12.1 Å². The van der Waals surface area contributed by atoms with E-state index in [0.29, 0.717) is 0 Å². The van der Waals surface area contributed by atoms with Gasteiger partial charge in [0.15, 0.2) is 5.78 Å². The molecule has 0 bridgehead atoms. The average molecular weight is 223 g/mol. The van der Waals surface area contributed by atoms with Crippen LogP contribution in [0.4, 0.5) is 0 Å². The first-order valence-corrected chi connectivity index (χ1v) is 5.76. The summed E-state index contributed by atoms with van der Waals surface area (Å²) in [6.45, 7) is 0. The van der Waals surface area contributed by atoms with Crippen molar-refractivity contribution >= 4 is 5.78 Å². The van der Waals surface area contributed by atoms with Crippen molar-refractivity contribution in [2.24, 2.45) is 0 Å². The number of ketones is 1. The van der Waals surface area contributed by atoms with Gasteiger partial charge < -0.3 is 0 Å². The minimum Gasteiger partial charge on any atom is -0.297 e. The van der Waals surface area contributed by atoms with E-state index < -0.39 is 0 Å². The lowest BCUT2D eigenvalue weighted by molar-refractivity contribution is 0.0988. The Morgan fingerprint density at radius 2 is 1.47 bits per heavy atom. The standard InChI is InChI=1S/C15H13NO/c17-15(12-9-5-2-6-10-12)14-13(16-14)11-7-3-1-4-8-11/h1-10,13-14,16H/t13-,14-/m0/s1. The first-order valence-electron chi connectivity index (χ1n) is 5.76. The first kappa shape index (κ1) is 10.2. The van der Waals surface area contributed by atoms with E-state index in [1.165, 1.54) is 5.56 Å². The van der Waals surface area contributed by atoms with Crippen LogP contribution in [0.1, 0.15) is 22.0 Å². The Balaban J connectivity index is 1.76. The molecule has 2 atom stereocenters. The molecular formula is C15H13NO. The smallest absolute Gasteiger partial charge is 0.181 e. The van der Waals surface area contributed by atoms with Crippen molar-refractivity contribution in [3.8, 4) is 0 Å². The minimum absolute atomic E-state index is 0.0557. The van der Waals surface area contributed by atoms with Gasteiger partial charge in [0, 0.05) is 5.56 Å². The average Bonchev–Trinajstić information content (AvgIpc) is 3.20. The highest BCUT2D eigenvalue weighted by Gasteiger charge is 2.43. The van der Waals surface area contributed by atoms with Crippen molar-refractivity contribution < 1.29 is 4.79 Å². The quantitative estimate of drug-likeness (QED) is 0.641. The van der Waals surface area contributed by atoms with Crippen molar-refractivity contribution in [2.45, 2.75) is 12.1 Å². The largest absolute Gasteiger partial charge is 0.297 e. The van der Waals surface area contributed by atoms with Crippen molar-refractivity contribution in [3.63, 3.8) is 0 Å². The Labute approximate surface area is 100 Å². The van der Waals surface area contributed by atoms with Crippen LogP contribution >= 0.6 is 0 Å². The second-order valence-electron chi connectivity index (χ2n) is 4.26. The van der Waals surface area contributed by atoms with Gasteiger partial charge in [-0.2, -0.15) is 0 Å². The van der Waals surface area contributed by atoms with E-state index in [2.05, 4.69) is 17.4 Å². The van der Waals surface area contributed by atoms with Gasteiger partial charge in [-0.15, -0.1) is 0 Å². The Morgan fingerprint density at radius 3 is 2.12 bits per heavy atom. The minimum atomic E-state index is -0.0557. The maximum Gasteiger partial charge on any atom is 0.181 e. The van der Waals surface area contributed by atoms with Crippen molar-refractivity contribution in [1.82, 2.24) is 5.32 Å². The summed E-state index contributed by atoms with van der Waals surface area (Å²) in [5, 5.41) is 3.23. The molecule has 1 saturated heterocycles. The molecule has 0 spiro atoms. The highest BCUT2D eigenvalue weighted by atomic mass is 16.1. The molecule has 17 heavy (non-hydrogen) atoms. The third-order valence-corrected chi connectivity index (χ3v) is 3.08. The highest BCUT2D eigenvalue weighted by Crippen LogP contribution is 2.31. The zero-order valence-electron chi connectivity index (χ0n) is 9.34. The number of hydrogen-bond donors (Lipinski definition) is 1. The predicted molar refractivity (Wildman–Crippen MR) is 66.9 cm³/mol. The Bertz CT molecular complexity index is 521. The number of carbonyl (C=O) groups is 1. The van der Waals surface area contributed by atoms with Crippen molar-refractivity contribution in [3.05, 3.63) is 71.8 Å². The summed E-state index contributed by atoms with van der Waals surface area (Å²) < 4.78 is 0. The van der Waals surface area contributed by atoms with E-state index in [0.717, 1.165) is 5.56 Å². The monoisotopic (exact) mass is 223 g/mol. The lowest BCUT2D eigenvalue weighted by atomic mass is 10.0. The zero-order chi connectivity index (χ0) is 11.7. The summed E-state index contributed by atoms with van der Waals surface area (Å²) in [5.74, 6) is 0.180. The Kier molecular flexibility index (Phi) is 2.50. The fraction of sp³-hybridized carbons (Fsp3) is 0.133. The molecule has 1 aliphatic rings.